The van der Waals surface area contributed by atoms with Crippen LogP contribution in [0, 0.1) is 6.92 Å². The molecule has 0 unspecified atom stereocenters. The van der Waals surface area contributed by atoms with Crippen LogP contribution in [0.1, 0.15) is 18.1 Å². The van der Waals surface area contributed by atoms with Crippen LogP contribution >= 0.6 is 0 Å². The van der Waals surface area contributed by atoms with Crippen molar-refractivity contribution in [1.82, 2.24) is 5.32 Å². The number of benzene rings is 2. The fourth-order valence-electron chi connectivity index (χ4n) is 2.49. The third-order valence-electron chi connectivity index (χ3n) is 3.75. The van der Waals surface area contributed by atoms with Crippen LogP contribution < -0.4 is 10.2 Å². The Balaban J connectivity index is 1.80. The monoisotopic (exact) mass is 312 g/mol. The van der Waals surface area contributed by atoms with Gasteiger partial charge in [0.2, 0.25) is 5.91 Å². The van der Waals surface area contributed by atoms with Gasteiger partial charge in [0.1, 0.15) is 5.75 Å². The Labute approximate surface area is 137 Å². The normalized spacial score (nSPS) is 10.3. The van der Waals surface area contributed by atoms with Crippen LogP contribution in [0.5, 0.6) is 5.75 Å². The number of nitrogens with zero attached hydrogens (tertiary/aromatic N) is 1. The van der Waals surface area contributed by atoms with Crippen LogP contribution in [-0.2, 0) is 11.2 Å². The lowest BCUT2D eigenvalue weighted by atomic mass is 10.1. The van der Waals surface area contributed by atoms with Crippen LogP contribution in [0.3, 0.4) is 0 Å². The summed E-state index contributed by atoms with van der Waals surface area (Å²) >= 11 is 0. The number of nitrogens with one attached hydrogen (secondary N) is 1. The molecule has 0 spiro atoms. The summed E-state index contributed by atoms with van der Waals surface area (Å²) in [5, 5.41) is 12.2. The zero-order valence-corrected chi connectivity index (χ0v) is 13.7. The smallest absolute Gasteiger partial charge is 0.224 e. The standard InChI is InChI=1S/C19H24N2O2/c1-3-21(17-6-4-5-15(2)13-17)12-11-20-19(23)14-16-7-9-18(22)10-8-16/h4-10,13,22H,3,11-12,14H2,1-2H3,(H,20,23). The van der Waals surface area contributed by atoms with Crippen LogP contribution in [0.2, 0.25) is 0 Å². The molecular formula is C19H24N2O2. The fraction of sp³-hybridized carbons (Fsp3) is 0.316. The fourth-order valence-corrected chi connectivity index (χ4v) is 2.49. The zero-order chi connectivity index (χ0) is 16.7. The van der Waals surface area contributed by atoms with Gasteiger partial charge in [-0.3, -0.25) is 4.79 Å². The van der Waals surface area contributed by atoms with E-state index in [2.05, 4.69) is 48.3 Å². The molecule has 0 aromatic heterocycles. The molecule has 0 aliphatic rings. The number of likely N-dealkylation sites (N-methyl/N-ethyl adjacent to an activating group) is 1. The SMILES string of the molecule is CCN(CCNC(=O)Cc1ccc(O)cc1)c1cccc(C)c1. The summed E-state index contributed by atoms with van der Waals surface area (Å²) in [7, 11) is 0. The van der Waals surface area contributed by atoms with E-state index in [0.717, 1.165) is 18.7 Å². The van der Waals surface area contributed by atoms with Crippen molar-refractivity contribution >= 4 is 11.6 Å². The van der Waals surface area contributed by atoms with Crippen molar-refractivity contribution in [2.24, 2.45) is 0 Å². The molecule has 4 heteroatoms. The van der Waals surface area contributed by atoms with Gasteiger partial charge in [-0.05, 0) is 49.2 Å². The van der Waals surface area contributed by atoms with Gasteiger partial charge in [-0.1, -0.05) is 24.3 Å². The zero-order valence-electron chi connectivity index (χ0n) is 13.7. The molecule has 2 rings (SSSR count). The van der Waals surface area contributed by atoms with Gasteiger partial charge in [0.05, 0.1) is 6.42 Å². The van der Waals surface area contributed by atoms with E-state index in [1.165, 1.54) is 11.3 Å². The van der Waals surface area contributed by atoms with Gasteiger partial charge >= 0.3 is 0 Å². The summed E-state index contributed by atoms with van der Waals surface area (Å²) in [6.07, 6.45) is 0.330. The van der Waals surface area contributed by atoms with Crippen molar-refractivity contribution in [1.29, 1.82) is 0 Å². The van der Waals surface area contributed by atoms with Gasteiger partial charge in [0.25, 0.3) is 0 Å². The van der Waals surface area contributed by atoms with E-state index in [1.54, 1.807) is 24.3 Å². The summed E-state index contributed by atoms with van der Waals surface area (Å²) in [5.41, 5.74) is 3.31. The topological polar surface area (TPSA) is 52.6 Å². The van der Waals surface area contributed by atoms with E-state index in [9.17, 15) is 9.90 Å². The second kappa shape index (κ2) is 8.22. The highest BCUT2D eigenvalue weighted by Crippen LogP contribution is 2.15. The van der Waals surface area contributed by atoms with Gasteiger partial charge in [0, 0.05) is 25.3 Å². The maximum Gasteiger partial charge on any atom is 0.224 e. The van der Waals surface area contributed by atoms with E-state index in [0.29, 0.717) is 13.0 Å². The van der Waals surface area contributed by atoms with E-state index >= 15 is 0 Å². The Kier molecular flexibility index (Phi) is 6.03. The van der Waals surface area contributed by atoms with Crippen LogP contribution in [0.4, 0.5) is 5.69 Å². The Morgan fingerprint density at radius 3 is 2.57 bits per heavy atom. The summed E-state index contributed by atoms with van der Waals surface area (Å²) in [4.78, 5) is 14.2. The summed E-state index contributed by atoms with van der Waals surface area (Å²) < 4.78 is 0. The molecule has 23 heavy (non-hydrogen) atoms. The highest BCUT2D eigenvalue weighted by Gasteiger charge is 2.06. The number of carbonyl (C=O) groups excluding carboxylic acids is 1. The highest BCUT2D eigenvalue weighted by molar-refractivity contribution is 5.78. The quantitative estimate of drug-likeness (QED) is 0.826. The molecule has 0 atom stereocenters. The molecule has 2 aromatic rings. The minimum atomic E-state index is -0.00372. The van der Waals surface area contributed by atoms with Gasteiger partial charge in [-0.2, -0.15) is 0 Å². The number of amides is 1. The molecule has 4 nitrogen and oxygen atoms in total. The van der Waals surface area contributed by atoms with Crippen LogP contribution in [0.15, 0.2) is 48.5 Å². The largest absolute Gasteiger partial charge is 0.508 e. The first-order chi connectivity index (χ1) is 11.1. The lowest BCUT2D eigenvalue weighted by molar-refractivity contribution is -0.120. The van der Waals surface area contributed by atoms with E-state index < -0.39 is 0 Å². The molecule has 0 saturated heterocycles. The van der Waals surface area contributed by atoms with Crippen molar-refractivity contribution in [3.63, 3.8) is 0 Å². The first kappa shape index (κ1) is 16.9. The lowest BCUT2D eigenvalue weighted by Gasteiger charge is -2.23. The predicted octanol–water partition coefficient (Wildman–Crippen LogP) is 2.89. The molecule has 0 heterocycles. The molecule has 0 fully saturated rings. The maximum atomic E-state index is 12.0. The van der Waals surface area contributed by atoms with Crippen molar-refractivity contribution < 1.29 is 9.90 Å². The number of aryl methyl sites for hydroxylation is 1. The molecule has 2 N–H and O–H groups in total. The minimum absolute atomic E-state index is 0.00372. The number of phenols is 1. The number of phenolic OH excluding ortho intramolecular Hbond substituents is 1. The number of rotatable bonds is 7. The van der Waals surface area contributed by atoms with E-state index in [-0.39, 0.29) is 11.7 Å². The second-order valence-electron chi connectivity index (χ2n) is 5.61. The van der Waals surface area contributed by atoms with Gasteiger partial charge < -0.3 is 15.3 Å². The molecule has 1 amide bonds. The van der Waals surface area contributed by atoms with Crippen molar-refractivity contribution in [2.75, 3.05) is 24.5 Å². The molecule has 122 valence electrons. The first-order valence-corrected chi connectivity index (χ1v) is 7.94. The van der Waals surface area contributed by atoms with E-state index in [1.807, 2.05) is 0 Å². The Morgan fingerprint density at radius 1 is 1.17 bits per heavy atom. The van der Waals surface area contributed by atoms with Crippen LogP contribution in [0.25, 0.3) is 0 Å². The molecule has 0 saturated carbocycles. The van der Waals surface area contributed by atoms with Crippen molar-refractivity contribution in [3.8, 4) is 5.75 Å². The number of aromatic hydroxyl groups is 1. The molecule has 0 bridgehead atoms. The van der Waals surface area contributed by atoms with Crippen molar-refractivity contribution in [2.45, 2.75) is 20.3 Å². The highest BCUT2D eigenvalue weighted by atomic mass is 16.3. The second-order valence-corrected chi connectivity index (χ2v) is 5.61. The average molecular weight is 312 g/mol. The molecule has 0 aliphatic carbocycles. The lowest BCUT2D eigenvalue weighted by Crippen LogP contribution is -2.35. The number of hydrogen-bond donors (Lipinski definition) is 2. The summed E-state index contributed by atoms with van der Waals surface area (Å²) in [5.74, 6) is 0.210. The van der Waals surface area contributed by atoms with Crippen LogP contribution in [-0.4, -0.2) is 30.6 Å². The molecule has 0 radical (unpaired) electrons. The Bertz CT molecular complexity index is 638. The van der Waals surface area contributed by atoms with E-state index in [4.69, 9.17) is 0 Å². The third kappa shape index (κ3) is 5.33. The number of carbonyl (C=O) groups is 1. The average Bonchev–Trinajstić information content (AvgIpc) is 2.54. The maximum absolute atomic E-state index is 12.0. The molecule has 2 aromatic carbocycles. The first-order valence-electron chi connectivity index (χ1n) is 7.94. The van der Waals surface area contributed by atoms with Gasteiger partial charge in [-0.25, -0.2) is 0 Å². The van der Waals surface area contributed by atoms with Crippen molar-refractivity contribution in [3.05, 3.63) is 59.7 Å². The Hall–Kier alpha value is -2.49. The van der Waals surface area contributed by atoms with Gasteiger partial charge in [0.15, 0.2) is 0 Å². The number of hydrogen-bond acceptors (Lipinski definition) is 3. The molecule has 0 aliphatic heterocycles. The summed E-state index contributed by atoms with van der Waals surface area (Å²) in [6.45, 7) is 6.48. The van der Waals surface area contributed by atoms with Gasteiger partial charge in [-0.15, -0.1) is 0 Å². The Morgan fingerprint density at radius 2 is 1.91 bits per heavy atom. The third-order valence-corrected chi connectivity index (χ3v) is 3.75. The minimum Gasteiger partial charge on any atom is -0.508 e. The summed E-state index contributed by atoms with van der Waals surface area (Å²) in [6, 6.07) is 15.1. The predicted molar refractivity (Wildman–Crippen MR) is 93.9 cm³/mol. The molecular weight excluding hydrogens is 288 g/mol. The number of anilines is 1.